The molecule has 130 valence electrons. The molecule has 26 heavy (non-hydrogen) atoms. The maximum Gasteiger partial charge on any atom is -0.0251 e. The minimum absolute atomic E-state index is 1.08. The lowest BCUT2D eigenvalue weighted by molar-refractivity contribution is 1.14. The zero-order valence-electron chi connectivity index (χ0n) is 15.7. The Hall–Kier alpha value is -2.86. The molecule has 0 bridgehead atoms. The Morgan fingerprint density at radius 2 is 0.885 bits per heavy atom. The molecule has 0 atom stereocenters. The van der Waals surface area contributed by atoms with Gasteiger partial charge in [0.25, 0.3) is 0 Å². The third-order valence-corrected chi connectivity index (χ3v) is 4.62. The van der Waals surface area contributed by atoms with Gasteiger partial charge in [-0.25, -0.2) is 0 Å². The van der Waals surface area contributed by atoms with Crippen molar-refractivity contribution in [1.29, 1.82) is 0 Å². The summed E-state index contributed by atoms with van der Waals surface area (Å²) in [6.07, 6.45) is 10.9. The average Bonchev–Trinajstić information content (AvgIpc) is 2.72. The van der Waals surface area contributed by atoms with Gasteiger partial charge >= 0.3 is 0 Å². The highest BCUT2D eigenvalue weighted by molar-refractivity contribution is 5.74. The zero-order valence-corrected chi connectivity index (χ0v) is 15.7. The molecule has 0 fully saturated rings. The molecule has 0 amide bonds. The van der Waals surface area contributed by atoms with E-state index in [4.69, 9.17) is 0 Å². The number of hydrogen-bond donors (Lipinski definition) is 0. The molecule has 0 aromatic heterocycles. The van der Waals surface area contributed by atoms with Gasteiger partial charge in [0, 0.05) is 0 Å². The molecule has 0 N–H and O–H groups in total. The van der Waals surface area contributed by atoms with Crippen LogP contribution in [0.4, 0.5) is 0 Å². The van der Waals surface area contributed by atoms with E-state index in [1.54, 1.807) is 0 Å². The molecule has 0 heteroatoms. The van der Waals surface area contributed by atoms with E-state index < -0.39 is 0 Å². The summed E-state index contributed by atoms with van der Waals surface area (Å²) in [6, 6.07) is 26.1. The van der Waals surface area contributed by atoms with E-state index in [1.807, 2.05) is 0 Å². The molecule has 3 rings (SSSR count). The van der Waals surface area contributed by atoms with Gasteiger partial charge in [0.2, 0.25) is 0 Å². The van der Waals surface area contributed by atoms with Crippen LogP contribution in [0.1, 0.15) is 47.2 Å². The number of rotatable bonds is 6. The first-order chi connectivity index (χ1) is 12.8. The van der Waals surface area contributed by atoms with Crippen LogP contribution in [-0.4, -0.2) is 0 Å². The van der Waals surface area contributed by atoms with Gasteiger partial charge in [-0.2, -0.15) is 0 Å². The van der Waals surface area contributed by atoms with Crippen LogP contribution >= 0.6 is 0 Å². The molecule has 0 aliphatic rings. The Labute approximate surface area is 157 Å². The Bertz CT molecular complexity index is 805. The molecule has 3 aromatic rings. The SMILES string of the molecule is CCc1ccc(C=Cc2cccc(C=Cc3ccc(CC)cc3)c2)cc1. The summed E-state index contributed by atoms with van der Waals surface area (Å²) >= 11 is 0. The smallest absolute Gasteiger partial charge is 0.0251 e. The lowest BCUT2D eigenvalue weighted by Gasteiger charge is -2.00. The molecule has 3 aromatic carbocycles. The first kappa shape index (κ1) is 17.9. The van der Waals surface area contributed by atoms with Crippen LogP contribution in [0.5, 0.6) is 0 Å². The molecule has 0 spiro atoms. The molecule has 0 radical (unpaired) electrons. The predicted octanol–water partition coefficient (Wildman–Crippen LogP) is 7.15. The van der Waals surface area contributed by atoms with E-state index in [0.717, 1.165) is 12.8 Å². The highest BCUT2D eigenvalue weighted by Crippen LogP contribution is 2.14. The molecule has 0 heterocycles. The van der Waals surface area contributed by atoms with Crippen molar-refractivity contribution in [2.45, 2.75) is 26.7 Å². The second-order valence-corrected chi connectivity index (χ2v) is 6.53. The maximum atomic E-state index is 2.22. The van der Waals surface area contributed by atoms with E-state index >= 15 is 0 Å². The fourth-order valence-electron chi connectivity index (χ4n) is 2.88. The highest BCUT2D eigenvalue weighted by atomic mass is 14.0. The highest BCUT2D eigenvalue weighted by Gasteiger charge is 1.93. The fraction of sp³-hybridized carbons (Fsp3) is 0.154. The van der Waals surface area contributed by atoms with E-state index in [0.29, 0.717) is 0 Å². The van der Waals surface area contributed by atoms with E-state index in [9.17, 15) is 0 Å². The Kier molecular flexibility index (Phi) is 6.22. The summed E-state index contributed by atoms with van der Waals surface area (Å²) in [7, 11) is 0. The minimum atomic E-state index is 1.08. The molecular weight excluding hydrogens is 312 g/mol. The average molecular weight is 338 g/mol. The Morgan fingerprint density at radius 1 is 0.500 bits per heavy atom. The summed E-state index contributed by atoms with van der Waals surface area (Å²) in [5.41, 5.74) is 7.65. The maximum absolute atomic E-state index is 2.22. The number of hydrogen-bond acceptors (Lipinski definition) is 0. The van der Waals surface area contributed by atoms with Gasteiger partial charge in [-0.05, 0) is 52.3 Å². The summed E-state index contributed by atoms with van der Waals surface area (Å²) in [6.45, 7) is 4.37. The summed E-state index contributed by atoms with van der Waals surface area (Å²) in [5, 5.41) is 0. The predicted molar refractivity (Wildman–Crippen MR) is 116 cm³/mol. The van der Waals surface area contributed by atoms with Gasteiger partial charge in [0.05, 0.1) is 0 Å². The van der Waals surface area contributed by atoms with Crippen LogP contribution < -0.4 is 0 Å². The Morgan fingerprint density at radius 3 is 1.27 bits per heavy atom. The van der Waals surface area contributed by atoms with Crippen molar-refractivity contribution in [3.63, 3.8) is 0 Å². The zero-order chi connectivity index (χ0) is 18.2. The Balaban J connectivity index is 1.70. The van der Waals surface area contributed by atoms with E-state index in [-0.39, 0.29) is 0 Å². The summed E-state index contributed by atoms with van der Waals surface area (Å²) in [5.74, 6) is 0. The molecule has 0 aliphatic carbocycles. The summed E-state index contributed by atoms with van der Waals surface area (Å²) < 4.78 is 0. The first-order valence-electron chi connectivity index (χ1n) is 9.41. The van der Waals surface area contributed by atoms with Gasteiger partial charge in [-0.1, -0.05) is 105 Å². The van der Waals surface area contributed by atoms with Crippen LogP contribution in [0.2, 0.25) is 0 Å². The third kappa shape index (κ3) is 5.07. The molecule has 0 saturated carbocycles. The summed E-state index contributed by atoms with van der Waals surface area (Å²) in [4.78, 5) is 0. The lowest BCUT2D eigenvalue weighted by atomic mass is 10.1. The van der Waals surface area contributed by atoms with Crippen LogP contribution in [0.15, 0.2) is 72.8 Å². The lowest BCUT2D eigenvalue weighted by Crippen LogP contribution is -1.80. The number of benzene rings is 3. The van der Waals surface area contributed by atoms with Gasteiger partial charge in [0.1, 0.15) is 0 Å². The van der Waals surface area contributed by atoms with Crippen molar-refractivity contribution in [3.8, 4) is 0 Å². The minimum Gasteiger partial charge on any atom is -0.0613 e. The normalized spacial score (nSPS) is 11.5. The topological polar surface area (TPSA) is 0 Å². The quantitative estimate of drug-likeness (QED) is 0.418. The standard InChI is InChI=1S/C26H26/c1-3-21-8-12-23(13-9-21)16-18-25-6-5-7-26(20-25)19-17-24-14-10-22(4-2)11-15-24/h5-20H,3-4H2,1-2H3. The van der Waals surface area contributed by atoms with Crippen molar-refractivity contribution >= 4 is 24.3 Å². The molecular formula is C26H26. The van der Waals surface area contributed by atoms with Crippen molar-refractivity contribution in [2.24, 2.45) is 0 Å². The van der Waals surface area contributed by atoms with Crippen LogP contribution in [-0.2, 0) is 12.8 Å². The van der Waals surface area contributed by atoms with Crippen LogP contribution in [0.3, 0.4) is 0 Å². The third-order valence-electron chi connectivity index (χ3n) is 4.62. The first-order valence-corrected chi connectivity index (χ1v) is 9.41. The monoisotopic (exact) mass is 338 g/mol. The van der Waals surface area contributed by atoms with Crippen LogP contribution in [0.25, 0.3) is 24.3 Å². The largest absolute Gasteiger partial charge is 0.0613 e. The van der Waals surface area contributed by atoms with Crippen molar-refractivity contribution in [1.82, 2.24) is 0 Å². The van der Waals surface area contributed by atoms with Gasteiger partial charge in [-0.3, -0.25) is 0 Å². The van der Waals surface area contributed by atoms with Gasteiger partial charge in [0.15, 0.2) is 0 Å². The fourth-order valence-corrected chi connectivity index (χ4v) is 2.88. The molecule has 0 saturated heterocycles. The second kappa shape index (κ2) is 9.01. The van der Waals surface area contributed by atoms with Crippen molar-refractivity contribution < 1.29 is 0 Å². The van der Waals surface area contributed by atoms with E-state index in [1.165, 1.54) is 33.4 Å². The second-order valence-electron chi connectivity index (χ2n) is 6.53. The van der Waals surface area contributed by atoms with Gasteiger partial charge in [-0.15, -0.1) is 0 Å². The molecule has 0 unspecified atom stereocenters. The molecule has 0 nitrogen and oxygen atoms in total. The van der Waals surface area contributed by atoms with Gasteiger partial charge < -0.3 is 0 Å². The van der Waals surface area contributed by atoms with Crippen LogP contribution in [0, 0.1) is 0 Å². The number of aryl methyl sites for hydroxylation is 2. The van der Waals surface area contributed by atoms with Crippen molar-refractivity contribution in [3.05, 3.63) is 106 Å². The van der Waals surface area contributed by atoms with Crippen molar-refractivity contribution in [2.75, 3.05) is 0 Å². The van der Waals surface area contributed by atoms with E-state index in [2.05, 4.69) is 111 Å². The molecule has 0 aliphatic heterocycles.